The Bertz CT molecular complexity index is 917. The normalized spacial score (nSPS) is 10.9. The summed E-state index contributed by atoms with van der Waals surface area (Å²) >= 11 is 3.30. The molecule has 22 heavy (non-hydrogen) atoms. The zero-order valence-electron chi connectivity index (χ0n) is 11.9. The van der Waals surface area contributed by atoms with E-state index in [1.54, 1.807) is 31.3 Å². The molecule has 0 saturated heterocycles. The van der Waals surface area contributed by atoms with E-state index in [0.29, 0.717) is 26.8 Å². The number of pyridine rings is 1. The highest BCUT2D eigenvalue weighted by Gasteiger charge is 2.17. The summed E-state index contributed by atoms with van der Waals surface area (Å²) in [7, 11) is 2.90. The maximum absolute atomic E-state index is 11.9. The van der Waals surface area contributed by atoms with Crippen molar-refractivity contribution in [3.8, 4) is 0 Å². The number of aromatic amines is 1. The van der Waals surface area contributed by atoms with Crippen LogP contribution < -0.4 is 5.32 Å². The number of H-pyrrole nitrogens is 1. The van der Waals surface area contributed by atoms with Crippen molar-refractivity contribution < 1.29 is 14.3 Å². The van der Waals surface area contributed by atoms with Crippen LogP contribution >= 0.6 is 15.9 Å². The molecule has 0 unspecified atom stereocenters. The van der Waals surface area contributed by atoms with E-state index in [9.17, 15) is 9.59 Å². The fourth-order valence-corrected chi connectivity index (χ4v) is 2.79. The summed E-state index contributed by atoms with van der Waals surface area (Å²) in [5.41, 5.74) is 2.87. The van der Waals surface area contributed by atoms with Crippen molar-refractivity contribution in [2.24, 2.45) is 0 Å². The number of carbonyl (C=O) groups excluding carboxylic acids is 2. The van der Waals surface area contributed by atoms with Gasteiger partial charge in [-0.05, 0) is 40.2 Å². The fourth-order valence-electron chi connectivity index (χ4n) is 2.38. The van der Waals surface area contributed by atoms with Crippen LogP contribution in [0.2, 0.25) is 0 Å². The topological polar surface area (TPSA) is 84.1 Å². The molecule has 3 aromatic rings. The summed E-state index contributed by atoms with van der Waals surface area (Å²) in [6, 6.07) is 6.85. The van der Waals surface area contributed by atoms with Gasteiger partial charge in [0.25, 0.3) is 5.91 Å². The molecule has 0 radical (unpaired) electrons. The second-order valence-electron chi connectivity index (χ2n) is 4.67. The van der Waals surface area contributed by atoms with E-state index in [4.69, 9.17) is 4.74 Å². The first-order valence-corrected chi connectivity index (χ1v) is 7.27. The zero-order chi connectivity index (χ0) is 15.9. The van der Waals surface area contributed by atoms with Crippen LogP contribution in [0, 0.1) is 0 Å². The lowest BCUT2D eigenvalue weighted by Crippen LogP contribution is -2.17. The van der Waals surface area contributed by atoms with Crippen LogP contribution in [0.3, 0.4) is 0 Å². The largest absolute Gasteiger partial charge is 0.465 e. The molecule has 0 spiro atoms. The van der Waals surface area contributed by atoms with Crippen LogP contribution in [-0.2, 0) is 4.74 Å². The average molecular weight is 362 g/mol. The van der Waals surface area contributed by atoms with Crippen molar-refractivity contribution in [3.63, 3.8) is 0 Å². The molecule has 112 valence electrons. The number of hydrogen-bond acceptors (Lipinski definition) is 4. The Kier molecular flexibility index (Phi) is 3.58. The number of nitrogens with one attached hydrogen (secondary N) is 2. The Balaban J connectivity index is 2.33. The van der Waals surface area contributed by atoms with Crippen molar-refractivity contribution >= 4 is 49.7 Å². The number of methoxy groups -OCH3 is 1. The minimum Gasteiger partial charge on any atom is -0.465 e. The van der Waals surface area contributed by atoms with Crippen LogP contribution in [0.1, 0.15) is 20.7 Å². The molecule has 2 aromatic heterocycles. The minimum atomic E-state index is -0.453. The summed E-state index contributed by atoms with van der Waals surface area (Å²) in [6.07, 6.45) is 0. The van der Waals surface area contributed by atoms with Gasteiger partial charge < -0.3 is 15.0 Å². The highest BCUT2D eigenvalue weighted by Crippen LogP contribution is 2.29. The van der Waals surface area contributed by atoms with E-state index >= 15 is 0 Å². The molecule has 7 heteroatoms. The van der Waals surface area contributed by atoms with E-state index in [0.717, 1.165) is 10.9 Å². The number of nitrogens with zero attached hydrogens (tertiary/aromatic N) is 1. The van der Waals surface area contributed by atoms with Gasteiger partial charge in [-0.25, -0.2) is 9.78 Å². The van der Waals surface area contributed by atoms with Crippen LogP contribution in [0.15, 0.2) is 28.9 Å². The van der Waals surface area contributed by atoms with Gasteiger partial charge in [-0.1, -0.05) is 0 Å². The van der Waals surface area contributed by atoms with Gasteiger partial charge in [-0.2, -0.15) is 0 Å². The van der Waals surface area contributed by atoms with Crippen molar-refractivity contribution in [1.29, 1.82) is 0 Å². The molecular formula is C15H12BrN3O3. The molecule has 1 amide bonds. The smallest absolute Gasteiger partial charge is 0.340 e. The molecule has 0 aliphatic carbocycles. The fraction of sp³-hybridized carbons (Fsp3) is 0.133. The van der Waals surface area contributed by atoms with Gasteiger partial charge in [0.15, 0.2) is 0 Å². The Morgan fingerprint density at radius 2 is 2.09 bits per heavy atom. The lowest BCUT2D eigenvalue weighted by Gasteiger charge is -2.01. The van der Waals surface area contributed by atoms with Gasteiger partial charge in [-0.15, -0.1) is 0 Å². The Hall–Kier alpha value is -2.41. The molecule has 2 heterocycles. The van der Waals surface area contributed by atoms with Crippen LogP contribution in [0.25, 0.3) is 21.9 Å². The minimum absolute atomic E-state index is 0.178. The average Bonchev–Trinajstić information content (AvgIpc) is 2.90. The molecule has 0 atom stereocenters. The third-order valence-corrected chi connectivity index (χ3v) is 3.82. The lowest BCUT2D eigenvalue weighted by atomic mass is 10.1. The van der Waals surface area contributed by atoms with Gasteiger partial charge in [0.2, 0.25) is 0 Å². The number of benzene rings is 1. The van der Waals surface area contributed by atoms with Gasteiger partial charge >= 0.3 is 5.97 Å². The quantitative estimate of drug-likeness (QED) is 0.542. The third kappa shape index (κ3) is 2.23. The number of ether oxygens (including phenoxy) is 1. The van der Waals surface area contributed by atoms with Crippen LogP contribution in [0.5, 0.6) is 0 Å². The van der Waals surface area contributed by atoms with E-state index < -0.39 is 5.97 Å². The first-order valence-electron chi connectivity index (χ1n) is 6.47. The standard InChI is InChI=1S/C15H12BrN3O3/c1-17-14(20)7-3-4-8-10(5-7)18-13-9(15(21)22-2)6-11(16)19-12(8)13/h3-6,18H,1-2H3,(H,17,20). The molecule has 0 bridgehead atoms. The first-order chi connectivity index (χ1) is 10.5. The SMILES string of the molecule is CNC(=O)c1ccc2c(c1)[nH]c1c(C(=O)OC)cc(Br)nc12. The predicted octanol–water partition coefficient (Wildman–Crippen LogP) is 2.62. The highest BCUT2D eigenvalue weighted by atomic mass is 79.9. The summed E-state index contributed by atoms with van der Waals surface area (Å²) in [5.74, 6) is -0.630. The molecule has 6 nitrogen and oxygen atoms in total. The number of aromatic nitrogens is 2. The monoisotopic (exact) mass is 361 g/mol. The van der Waals surface area contributed by atoms with Crippen LogP contribution in [-0.4, -0.2) is 36.0 Å². The Labute approximate surface area is 134 Å². The van der Waals surface area contributed by atoms with Gasteiger partial charge in [0.05, 0.1) is 23.7 Å². The summed E-state index contributed by atoms with van der Waals surface area (Å²) in [5, 5.41) is 3.41. The highest BCUT2D eigenvalue weighted by molar-refractivity contribution is 9.10. The molecule has 0 fully saturated rings. The maximum Gasteiger partial charge on any atom is 0.340 e. The van der Waals surface area contributed by atoms with Gasteiger partial charge in [0.1, 0.15) is 4.60 Å². The van der Waals surface area contributed by atoms with E-state index in [1.165, 1.54) is 7.11 Å². The van der Waals surface area contributed by atoms with Gasteiger partial charge in [0, 0.05) is 23.5 Å². The van der Waals surface area contributed by atoms with E-state index in [1.807, 2.05) is 0 Å². The number of esters is 1. The lowest BCUT2D eigenvalue weighted by molar-refractivity contribution is 0.0602. The maximum atomic E-state index is 11.9. The van der Waals surface area contributed by atoms with E-state index in [-0.39, 0.29) is 5.91 Å². The summed E-state index contributed by atoms with van der Waals surface area (Å²) in [6.45, 7) is 0. The number of amides is 1. The molecule has 0 aliphatic heterocycles. The van der Waals surface area contributed by atoms with Gasteiger partial charge in [-0.3, -0.25) is 4.79 Å². The van der Waals surface area contributed by atoms with Crippen molar-refractivity contribution in [2.75, 3.05) is 14.2 Å². The number of halogens is 1. The van der Waals surface area contributed by atoms with Crippen molar-refractivity contribution in [2.45, 2.75) is 0 Å². The molecule has 3 rings (SSSR count). The molecule has 0 aliphatic rings. The summed E-state index contributed by atoms with van der Waals surface area (Å²) in [4.78, 5) is 31.2. The summed E-state index contributed by atoms with van der Waals surface area (Å²) < 4.78 is 5.34. The number of carbonyl (C=O) groups is 2. The van der Waals surface area contributed by atoms with Crippen LogP contribution in [0.4, 0.5) is 0 Å². The molecule has 1 aromatic carbocycles. The Morgan fingerprint density at radius 3 is 2.77 bits per heavy atom. The second kappa shape index (κ2) is 5.42. The second-order valence-corrected chi connectivity index (χ2v) is 5.48. The van der Waals surface area contributed by atoms with Crippen molar-refractivity contribution in [1.82, 2.24) is 15.3 Å². The first kappa shape index (κ1) is 14.5. The van der Waals surface area contributed by atoms with Crippen molar-refractivity contribution in [3.05, 3.63) is 40.0 Å². The number of fused-ring (bicyclic) bond motifs is 3. The molecular weight excluding hydrogens is 350 g/mol. The third-order valence-electron chi connectivity index (χ3n) is 3.42. The van der Waals surface area contributed by atoms with E-state index in [2.05, 4.69) is 31.2 Å². The molecule has 2 N–H and O–H groups in total. The number of rotatable bonds is 2. The molecule has 0 saturated carbocycles. The number of hydrogen-bond donors (Lipinski definition) is 2. The Morgan fingerprint density at radius 1 is 1.32 bits per heavy atom. The zero-order valence-corrected chi connectivity index (χ0v) is 13.4. The predicted molar refractivity (Wildman–Crippen MR) is 86.0 cm³/mol.